The Kier molecular flexibility index (Phi) is 5.54. The first-order valence-corrected chi connectivity index (χ1v) is 10.6. The number of carbonyl (C=O) groups excluding carboxylic acids is 1. The van der Waals surface area contributed by atoms with Gasteiger partial charge in [0, 0.05) is 35.9 Å². The minimum absolute atomic E-state index is 0.0141. The normalized spacial score (nSPS) is 24.2. The molecule has 2 aliphatic rings. The first-order chi connectivity index (χ1) is 15.3. The van der Waals surface area contributed by atoms with E-state index in [2.05, 4.69) is 0 Å². The fourth-order valence-electron chi connectivity index (χ4n) is 4.78. The Morgan fingerprint density at radius 3 is 1.97 bits per heavy atom. The summed E-state index contributed by atoms with van der Waals surface area (Å²) in [6, 6.07) is 13.1. The highest BCUT2D eigenvalue weighted by Crippen LogP contribution is 2.51. The monoisotopic (exact) mass is 471 g/mol. The molecule has 1 heterocycles. The van der Waals surface area contributed by atoms with Crippen molar-refractivity contribution >= 4 is 5.91 Å². The molecule has 9 heteroatoms. The first-order valence-electron chi connectivity index (χ1n) is 10.6. The van der Waals surface area contributed by atoms with Gasteiger partial charge in [-0.2, -0.15) is 26.3 Å². The molecule has 0 aromatic heterocycles. The highest BCUT2D eigenvalue weighted by Gasteiger charge is 2.71. The summed E-state index contributed by atoms with van der Waals surface area (Å²) in [5, 5.41) is 9.67. The molecule has 2 aromatic rings. The van der Waals surface area contributed by atoms with Gasteiger partial charge in [0.25, 0.3) is 5.60 Å². The molecular formula is C24H23F6NO2. The van der Waals surface area contributed by atoms with E-state index in [0.29, 0.717) is 30.8 Å². The second-order valence-electron chi connectivity index (χ2n) is 9.16. The Morgan fingerprint density at radius 2 is 1.48 bits per heavy atom. The number of halogens is 6. The van der Waals surface area contributed by atoms with E-state index >= 15 is 0 Å². The van der Waals surface area contributed by atoms with E-state index in [-0.39, 0.29) is 17.7 Å². The summed E-state index contributed by atoms with van der Waals surface area (Å²) >= 11 is 0. The SMILES string of the molecule is C[C@]1(c2ccccc2)CN(C(=O)C2CC2)C[C@H]1c1ccc(C(O)(C(F)(F)F)C(F)(F)F)cc1. The third-order valence-corrected chi connectivity index (χ3v) is 6.91. The number of likely N-dealkylation sites (tertiary alicyclic amines) is 1. The van der Waals surface area contributed by atoms with Crippen molar-refractivity contribution in [1.29, 1.82) is 0 Å². The number of nitrogens with zero attached hydrogens (tertiary/aromatic N) is 1. The Labute approximate surface area is 187 Å². The van der Waals surface area contributed by atoms with Crippen molar-refractivity contribution < 1.29 is 36.2 Å². The van der Waals surface area contributed by atoms with Crippen LogP contribution >= 0.6 is 0 Å². The number of carbonyl (C=O) groups is 1. The van der Waals surface area contributed by atoms with Crippen LogP contribution < -0.4 is 0 Å². The third kappa shape index (κ3) is 3.90. The number of rotatable bonds is 4. The summed E-state index contributed by atoms with van der Waals surface area (Å²) in [4.78, 5) is 14.5. The lowest BCUT2D eigenvalue weighted by molar-refractivity contribution is -0.376. The molecule has 2 atom stereocenters. The van der Waals surface area contributed by atoms with E-state index in [4.69, 9.17) is 0 Å². The molecule has 1 N–H and O–H groups in total. The number of amides is 1. The zero-order chi connectivity index (χ0) is 24.2. The fourth-order valence-corrected chi connectivity index (χ4v) is 4.78. The van der Waals surface area contributed by atoms with Crippen molar-refractivity contribution in [3.63, 3.8) is 0 Å². The zero-order valence-corrected chi connectivity index (χ0v) is 17.7. The summed E-state index contributed by atoms with van der Waals surface area (Å²) in [5.41, 5.74) is -5.42. The van der Waals surface area contributed by atoms with Crippen LogP contribution in [0.25, 0.3) is 0 Å². The minimum Gasteiger partial charge on any atom is -0.369 e. The molecule has 4 rings (SSSR count). The van der Waals surface area contributed by atoms with E-state index < -0.39 is 28.9 Å². The average molecular weight is 471 g/mol. The van der Waals surface area contributed by atoms with Gasteiger partial charge < -0.3 is 10.0 Å². The number of aliphatic hydroxyl groups is 1. The lowest BCUT2D eigenvalue weighted by atomic mass is 9.71. The van der Waals surface area contributed by atoms with Crippen molar-refractivity contribution in [2.75, 3.05) is 13.1 Å². The molecule has 178 valence electrons. The van der Waals surface area contributed by atoms with Crippen molar-refractivity contribution in [3.05, 3.63) is 71.3 Å². The van der Waals surface area contributed by atoms with Gasteiger partial charge in [-0.05, 0) is 24.0 Å². The summed E-state index contributed by atoms with van der Waals surface area (Å²) in [6.07, 6.45) is -10.2. The van der Waals surface area contributed by atoms with Crippen LogP contribution in [-0.4, -0.2) is 41.4 Å². The van der Waals surface area contributed by atoms with E-state index in [0.717, 1.165) is 18.4 Å². The van der Waals surface area contributed by atoms with Gasteiger partial charge in [0.15, 0.2) is 0 Å². The van der Waals surface area contributed by atoms with E-state index in [1.54, 1.807) is 4.90 Å². The molecule has 2 fully saturated rings. The van der Waals surface area contributed by atoms with Crippen LogP contribution in [0.4, 0.5) is 26.3 Å². The maximum atomic E-state index is 13.2. The maximum absolute atomic E-state index is 13.2. The smallest absolute Gasteiger partial charge is 0.369 e. The van der Waals surface area contributed by atoms with Crippen LogP contribution in [0.15, 0.2) is 54.6 Å². The third-order valence-electron chi connectivity index (χ3n) is 6.91. The first kappa shape index (κ1) is 23.6. The molecule has 0 bridgehead atoms. The quantitative estimate of drug-likeness (QED) is 0.616. The molecule has 0 radical (unpaired) electrons. The van der Waals surface area contributed by atoms with Gasteiger partial charge in [0.05, 0.1) is 0 Å². The highest BCUT2D eigenvalue weighted by atomic mass is 19.4. The van der Waals surface area contributed by atoms with Crippen LogP contribution in [0.5, 0.6) is 0 Å². The minimum atomic E-state index is -5.94. The Balaban J connectivity index is 1.72. The van der Waals surface area contributed by atoms with Gasteiger partial charge in [-0.25, -0.2) is 0 Å². The largest absolute Gasteiger partial charge is 0.430 e. The zero-order valence-electron chi connectivity index (χ0n) is 17.7. The summed E-state index contributed by atoms with van der Waals surface area (Å²) in [6.45, 7) is 2.65. The van der Waals surface area contributed by atoms with Gasteiger partial charge >= 0.3 is 12.4 Å². The number of benzene rings is 2. The highest BCUT2D eigenvalue weighted by molar-refractivity contribution is 5.81. The van der Waals surface area contributed by atoms with Crippen LogP contribution in [0, 0.1) is 5.92 Å². The van der Waals surface area contributed by atoms with Crippen LogP contribution in [0.2, 0.25) is 0 Å². The molecule has 1 aliphatic carbocycles. The molecule has 1 amide bonds. The molecule has 0 spiro atoms. The predicted octanol–water partition coefficient (Wildman–Crippen LogP) is 5.29. The van der Waals surface area contributed by atoms with Crippen molar-refractivity contribution in [1.82, 2.24) is 4.90 Å². The number of hydrogen-bond donors (Lipinski definition) is 1. The lowest BCUT2D eigenvalue weighted by Crippen LogP contribution is -2.53. The van der Waals surface area contributed by atoms with Gasteiger partial charge in [-0.1, -0.05) is 61.5 Å². The molecule has 1 saturated heterocycles. The number of hydrogen-bond acceptors (Lipinski definition) is 2. The molecular weight excluding hydrogens is 448 g/mol. The predicted molar refractivity (Wildman–Crippen MR) is 108 cm³/mol. The topological polar surface area (TPSA) is 40.5 Å². The van der Waals surface area contributed by atoms with Crippen molar-refractivity contribution in [3.8, 4) is 0 Å². The second kappa shape index (κ2) is 7.75. The standard InChI is InChI=1S/C24H23F6NO2/c1-21(17-5-3-2-4-6-17)14-31(20(32)16-7-8-16)13-19(21)15-9-11-18(12-10-15)22(33,23(25,26)27)24(28,29)30/h2-6,9-12,16,19,33H,7-8,13-14H2,1H3/t19-,21+/m0/s1. The Morgan fingerprint density at radius 1 is 0.939 bits per heavy atom. The van der Waals surface area contributed by atoms with Crippen LogP contribution in [0.3, 0.4) is 0 Å². The van der Waals surface area contributed by atoms with Gasteiger partial charge in [0.1, 0.15) is 0 Å². The molecule has 0 unspecified atom stereocenters. The molecule has 3 nitrogen and oxygen atoms in total. The van der Waals surface area contributed by atoms with Gasteiger partial charge in [0.2, 0.25) is 5.91 Å². The second-order valence-corrected chi connectivity index (χ2v) is 9.16. The van der Waals surface area contributed by atoms with E-state index in [9.17, 15) is 36.2 Å². The summed E-state index contributed by atoms with van der Waals surface area (Å²) < 4.78 is 79.4. The molecule has 2 aromatic carbocycles. The Bertz CT molecular complexity index is 1000. The fraction of sp³-hybridized carbons (Fsp3) is 0.458. The Hall–Kier alpha value is -2.55. The van der Waals surface area contributed by atoms with E-state index in [1.165, 1.54) is 12.1 Å². The average Bonchev–Trinajstić information content (AvgIpc) is 3.54. The van der Waals surface area contributed by atoms with Crippen molar-refractivity contribution in [2.24, 2.45) is 5.92 Å². The van der Waals surface area contributed by atoms with E-state index in [1.807, 2.05) is 37.3 Å². The lowest BCUT2D eigenvalue weighted by Gasteiger charge is -2.34. The van der Waals surface area contributed by atoms with Gasteiger partial charge in [-0.15, -0.1) is 0 Å². The molecule has 33 heavy (non-hydrogen) atoms. The van der Waals surface area contributed by atoms with Gasteiger partial charge in [-0.3, -0.25) is 4.79 Å². The summed E-state index contributed by atoms with van der Waals surface area (Å²) in [7, 11) is 0. The van der Waals surface area contributed by atoms with Crippen molar-refractivity contribution in [2.45, 2.75) is 49.1 Å². The summed E-state index contributed by atoms with van der Waals surface area (Å²) in [5.74, 6) is -0.332. The maximum Gasteiger partial charge on any atom is 0.430 e. The molecule has 1 aliphatic heterocycles. The number of alkyl halides is 6. The van der Waals surface area contributed by atoms with Crippen LogP contribution in [0.1, 0.15) is 42.4 Å². The van der Waals surface area contributed by atoms with Crippen LogP contribution in [-0.2, 0) is 15.8 Å². The molecule has 1 saturated carbocycles.